The van der Waals surface area contributed by atoms with Crippen molar-refractivity contribution < 1.29 is 29.2 Å². The van der Waals surface area contributed by atoms with Gasteiger partial charge in [-0.25, -0.2) is 4.79 Å². The van der Waals surface area contributed by atoms with Crippen molar-refractivity contribution in [1.82, 2.24) is 5.32 Å². The lowest BCUT2D eigenvalue weighted by Crippen LogP contribution is -2.30. The Balaban J connectivity index is 1.30. The van der Waals surface area contributed by atoms with Crippen molar-refractivity contribution in [1.29, 1.82) is 0 Å². The van der Waals surface area contributed by atoms with E-state index in [1.165, 1.54) is 14.2 Å². The molecule has 0 aliphatic heterocycles. The second-order valence-corrected chi connectivity index (χ2v) is 8.16. The largest absolute Gasteiger partial charge is 0.497 e. The molecule has 2 atom stereocenters. The van der Waals surface area contributed by atoms with Gasteiger partial charge in [0.25, 0.3) is 0 Å². The molecular formula is C27H29NO6. The molecule has 2 unspecified atom stereocenters. The molecule has 7 heteroatoms. The summed E-state index contributed by atoms with van der Waals surface area (Å²) < 4.78 is 16.0. The van der Waals surface area contributed by atoms with Crippen LogP contribution in [0.15, 0.2) is 66.7 Å². The molecule has 3 aromatic rings. The lowest BCUT2D eigenvalue weighted by Gasteiger charge is -2.21. The molecule has 34 heavy (non-hydrogen) atoms. The Bertz CT molecular complexity index is 1100. The Morgan fingerprint density at radius 3 is 2.21 bits per heavy atom. The zero-order valence-electron chi connectivity index (χ0n) is 19.2. The maximum absolute atomic E-state index is 12.3. The van der Waals surface area contributed by atoms with Crippen molar-refractivity contribution in [2.45, 2.75) is 24.5 Å². The first kappa shape index (κ1) is 23.6. The van der Waals surface area contributed by atoms with Crippen LogP contribution in [-0.2, 0) is 4.74 Å². The van der Waals surface area contributed by atoms with Gasteiger partial charge in [0, 0.05) is 18.0 Å². The topological polar surface area (TPSA) is 97.3 Å². The number of carbonyl (C=O) groups is 1. The smallest absolute Gasteiger partial charge is 0.407 e. The number of aliphatic hydroxyl groups excluding tert-OH is 2. The molecule has 3 aromatic carbocycles. The van der Waals surface area contributed by atoms with Crippen molar-refractivity contribution in [2.75, 3.05) is 27.4 Å². The van der Waals surface area contributed by atoms with Crippen molar-refractivity contribution in [3.63, 3.8) is 0 Å². The van der Waals surface area contributed by atoms with Gasteiger partial charge >= 0.3 is 6.09 Å². The van der Waals surface area contributed by atoms with E-state index < -0.39 is 18.3 Å². The summed E-state index contributed by atoms with van der Waals surface area (Å²) in [6.45, 7) is 0.354. The Hall–Kier alpha value is -3.55. The fourth-order valence-corrected chi connectivity index (χ4v) is 4.41. The number of ether oxygens (including phenoxy) is 3. The minimum atomic E-state index is -1.20. The fourth-order valence-electron chi connectivity index (χ4n) is 4.41. The van der Waals surface area contributed by atoms with E-state index >= 15 is 0 Å². The van der Waals surface area contributed by atoms with Gasteiger partial charge in [0.2, 0.25) is 0 Å². The number of aliphatic hydroxyl groups is 2. The van der Waals surface area contributed by atoms with E-state index in [0.29, 0.717) is 17.1 Å². The molecule has 1 aliphatic carbocycles. The maximum atomic E-state index is 12.3. The summed E-state index contributed by atoms with van der Waals surface area (Å²) in [6.07, 6.45) is -2.75. The molecule has 4 rings (SSSR count). The second kappa shape index (κ2) is 10.6. The molecule has 3 N–H and O–H groups in total. The Kier molecular flexibility index (Phi) is 7.35. The summed E-state index contributed by atoms with van der Waals surface area (Å²) in [5, 5.41) is 23.7. The van der Waals surface area contributed by atoms with Crippen molar-refractivity contribution in [3.05, 3.63) is 83.4 Å². The lowest BCUT2D eigenvalue weighted by molar-refractivity contribution is 0.0122. The zero-order chi connectivity index (χ0) is 24.1. The van der Waals surface area contributed by atoms with Gasteiger partial charge < -0.3 is 29.7 Å². The molecule has 7 nitrogen and oxygen atoms in total. The van der Waals surface area contributed by atoms with Gasteiger partial charge in [0.1, 0.15) is 24.2 Å². The molecule has 1 amide bonds. The third kappa shape index (κ3) is 4.85. The summed E-state index contributed by atoms with van der Waals surface area (Å²) in [5.74, 6) is 0.960. The van der Waals surface area contributed by atoms with Crippen LogP contribution in [0.5, 0.6) is 11.5 Å². The minimum absolute atomic E-state index is 0.0221. The van der Waals surface area contributed by atoms with Crippen LogP contribution in [0.25, 0.3) is 11.1 Å². The van der Waals surface area contributed by atoms with E-state index in [1.54, 1.807) is 18.2 Å². The first-order valence-corrected chi connectivity index (χ1v) is 11.2. The average Bonchev–Trinajstić information content (AvgIpc) is 3.20. The van der Waals surface area contributed by atoms with Crippen molar-refractivity contribution in [3.8, 4) is 22.6 Å². The Labute approximate surface area is 198 Å². The van der Waals surface area contributed by atoms with E-state index in [9.17, 15) is 15.0 Å². The maximum Gasteiger partial charge on any atom is 0.407 e. The Morgan fingerprint density at radius 2 is 1.59 bits per heavy atom. The third-order valence-corrected chi connectivity index (χ3v) is 6.17. The summed E-state index contributed by atoms with van der Waals surface area (Å²) in [6, 6.07) is 21.3. The predicted octanol–water partition coefficient (Wildman–Crippen LogP) is 4.03. The molecule has 0 saturated heterocycles. The number of methoxy groups -OCH3 is 2. The lowest BCUT2D eigenvalue weighted by atomic mass is 9.98. The Morgan fingerprint density at radius 1 is 0.941 bits per heavy atom. The number of alkyl carbamates (subject to hydrolysis) is 1. The summed E-state index contributed by atoms with van der Waals surface area (Å²) >= 11 is 0. The van der Waals surface area contributed by atoms with Crippen LogP contribution in [0, 0.1) is 0 Å². The minimum Gasteiger partial charge on any atom is -0.497 e. The number of hydrogen-bond acceptors (Lipinski definition) is 6. The van der Waals surface area contributed by atoms with Crippen LogP contribution in [0.1, 0.15) is 35.1 Å². The number of carbonyl (C=O) groups excluding carboxylic acids is 1. The van der Waals surface area contributed by atoms with Crippen LogP contribution in [0.3, 0.4) is 0 Å². The van der Waals surface area contributed by atoms with Gasteiger partial charge in [-0.2, -0.15) is 0 Å². The van der Waals surface area contributed by atoms with Crippen molar-refractivity contribution in [2.24, 2.45) is 0 Å². The number of nitrogens with one attached hydrogen (secondary N) is 1. The first-order chi connectivity index (χ1) is 16.5. The molecule has 0 spiro atoms. The predicted molar refractivity (Wildman–Crippen MR) is 128 cm³/mol. The molecular weight excluding hydrogens is 434 g/mol. The first-order valence-electron chi connectivity index (χ1n) is 11.2. The molecule has 0 fully saturated rings. The molecule has 0 bridgehead atoms. The summed E-state index contributed by atoms with van der Waals surface area (Å²) in [5.41, 5.74) is 5.02. The van der Waals surface area contributed by atoms with E-state index in [1.807, 2.05) is 24.3 Å². The summed E-state index contributed by atoms with van der Waals surface area (Å²) in [4.78, 5) is 12.3. The standard InChI is InChI=1S/C27H29NO6/c1-32-17-11-12-25(33-2)22(15-17)26(30)24(29)13-14-28-27(31)34-16-23-20-9-5-3-7-18(20)19-8-4-6-10-21(19)23/h3-12,15,23-24,26,29-30H,13-14,16H2,1-2H3,(H,28,31). The highest BCUT2D eigenvalue weighted by molar-refractivity contribution is 5.79. The van der Waals surface area contributed by atoms with Crippen LogP contribution in [0.2, 0.25) is 0 Å². The fraction of sp³-hybridized carbons (Fsp3) is 0.296. The van der Waals surface area contributed by atoms with Crippen LogP contribution >= 0.6 is 0 Å². The van der Waals surface area contributed by atoms with Crippen molar-refractivity contribution >= 4 is 6.09 Å². The molecule has 178 valence electrons. The van der Waals surface area contributed by atoms with Gasteiger partial charge in [-0.3, -0.25) is 0 Å². The van der Waals surface area contributed by atoms with Gasteiger partial charge in [-0.15, -0.1) is 0 Å². The van der Waals surface area contributed by atoms with E-state index in [4.69, 9.17) is 14.2 Å². The van der Waals surface area contributed by atoms with Gasteiger partial charge in [0.05, 0.1) is 20.3 Å². The number of amides is 1. The third-order valence-electron chi connectivity index (χ3n) is 6.17. The van der Waals surface area contributed by atoms with E-state index in [2.05, 4.69) is 29.6 Å². The molecule has 0 aromatic heterocycles. The molecule has 0 saturated carbocycles. The second-order valence-electron chi connectivity index (χ2n) is 8.16. The number of fused-ring (bicyclic) bond motifs is 3. The number of hydrogen-bond donors (Lipinski definition) is 3. The monoisotopic (exact) mass is 463 g/mol. The SMILES string of the molecule is COc1ccc(OC)c(C(O)C(O)CCNC(=O)OCC2c3ccccc3-c3ccccc32)c1. The highest BCUT2D eigenvalue weighted by Crippen LogP contribution is 2.44. The number of benzene rings is 3. The highest BCUT2D eigenvalue weighted by Gasteiger charge is 2.29. The highest BCUT2D eigenvalue weighted by atomic mass is 16.5. The van der Waals surface area contributed by atoms with Gasteiger partial charge in [-0.05, 0) is 46.9 Å². The summed E-state index contributed by atoms with van der Waals surface area (Å²) in [7, 11) is 3.01. The average molecular weight is 464 g/mol. The zero-order valence-corrected chi connectivity index (χ0v) is 19.2. The van der Waals surface area contributed by atoms with Gasteiger partial charge in [0.15, 0.2) is 0 Å². The number of rotatable bonds is 9. The normalized spacial score (nSPS) is 14.0. The van der Waals surface area contributed by atoms with E-state index in [-0.39, 0.29) is 25.5 Å². The van der Waals surface area contributed by atoms with Crippen LogP contribution in [0.4, 0.5) is 4.79 Å². The quantitative estimate of drug-likeness (QED) is 0.443. The molecule has 0 heterocycles. The molecule has 0 radical (unpaired) electrons. The van der Waals surface area contributed by atoms with E-state index in [0.717, 1.165) is 22.3 Å². The van der Waals surface area contributed by atoms with Crippen LogP contribution in [-0.4, -0.2) is 49.8 Å². The molecule has 1 aliphatic rings. The van der Waals surface area contributed by atoms with Gasteiger partial charge in [-0.1, -0.05) is 48.5 Å². The van der Waals surface area contributed by atoms with Crippen LogP contribution < -0.4 is 14.8 Å².